The summed E-state index contributed by atoms with van der Waals surface area (Å²) in [5, 5.41) is 11.8. The van der Waals surface area contributed by atoms with Crippen LogP contribution in [-0.2, 0) is 10.0 Å². The maximum absolute atomic E-state index is 15.0. The van der Waals surface area contributed by atoms with Crippen molar-refractivity contribution in [3.05, 3.63) is 42.1 Å². The Kier molecular flexibility index (Phi) is 5.85. The molecule has 1 aliphatic heterocycles. The van der Waals surface area contributed by atoms with Gasteiger partial charge in [-0.1, -0.05) is 19.1 Å². The van der Waals surface area contributed by atoms with Gasteiger partial charge in [-0.2, -0.15) is 0 Å². The van der Waals surface area contributed by atoms with E-state index < -0.39 is 16.1 Å². The maximum atomic E-state index is 15.0. The van der Waals surface area contributed by atoms with Crippen molar-refractivity contribution >= 4 is 10.0 Å². The predicted octanol–water partition coefficient (Wildman–Crippen LogP) is 4.65. The molecule has 190 valence electrons. The van der Waals surface area contributed by atoms with Crippen LogP contribution in [0.3, 0.4) is 0 Å². The monoisotopic (exact) mass is 501 g/mol. The summed E-state index contributed by atoms with van der Waals surface area (Å²) in [6, 6.07) is 4.83. The second kappa shape index (κ2) is 8.67. The van der Waals surface area contributed by atoms with E-state index in [2.05, 4.69) is 16.6 Å². The number of halogens is 1. The second-order valence-electron chi connectivity index (χ2n) is 11.7. The van der Waals surface area contributed by atoms with Gasteiger partial charge in [0.2, 0.25) is 10.0 Å². The van der Waals surface area contributed by atoms with E-state index in [1.165, 1.54) is 6.07 Å². The topological polar surface area (TPSA) is 84.2 Å². The Morgan fingerprint density at radius 1 is 1.26 bits per heavy atom. The summed E-state index contributed by atoms with van der Waals surface area (Å²) in [6.07, 6.45) is 10.9. The summed E-state index contributed by atoms with van der Waals surface area (Å²) >= 11 is 0. The molecule has 0 spiro atoms. The number of imidazole rings is 1. The van der Waals surface area contributed by atoms with E-state index in [0.29, 0.717) is 23.8 Å². The number of rotatable bonds is 8. The van der Waals surface area contributed by atoms with Gasteiger partial charge >= 0.3 is 0 Å². The summed E-state index contributed by atoms with van der Waals surface area (Å²) in [7, 11) is -3.27. The lowest BCUT2D eigenvalue weighted by Gasteiger charge is -2.52. The molecule has 4 aliphatic rings. The highest BCUT2D eigenvalue weighted by atomic mass is 32.2. The molecular formula is C27H36FN3O3S. The Labute approximate surface area is 207 Å². The highest BCUT2D eigenvalue weighted by Gasteiger charge is 2.50. The Bertz CT molecular complexity index is 1210. The van der Waals surface area contributed by atoms with E-state index in [1.807, 2.05) is 10.6 Å². The Morgan fingerprint density at radius 2 is 2.09 bits per heavy atom. The smallest absolute Gasteiger partial charge is 0.212 e. The number of fused-ring (bicyclic) bond motifs is 5. The molecule has 0 saturated heterocycles. The first-order chi connectivity index (χ1) is 16.8. The van der Waals surface area contributed by atoms with Crippen molar-refractivity contribution in [2.24, 2.45) is 23.2 Å². The van der Waals surface area contributed by atoms with Gasteiger partial charge in [0.15, 0.2) is 0 Å². The zero-order valence-corrected chi connectivity index (χ0v) is 21.2. The summed E-state index contributed by atoms with van der Waals surface area (Å²) in [5.74, 6) is 1.08. The van der Waals surface area contributed by atoms with Gasteiger partial charge in [-0.15, -0.1) is 0 Å². The van der Waals surface area contributed by atoms with Gasteiger partial charge in [0.05, 0.1) is 36.1 Å². The van der Waals surface area contributed by atoms with E-state index in [9.17, 15) is 17.9 Å². The van der Waals surface area contributed by atoms with Crippen molar-refractivity contribution in [2.45, 2.75) is 82.9 Å². The van der Waals surface area contributed by atoms with E-state index in [-0.39, 0.29) is 35.0 Å². The first-order valence-corrected chi connectivity index (χ1v) is 14.9. The number of benzene rings is 1. The number of sulfonamides is 1. The lowest BCUT2D eigenvalue weighted by Crippen LogP contribution is -2.52. The summed E-state index contributed by atoms with van der Waals surface area (Å²) in [6.45, 7) is 2.14. The SMILES string of the molecule is CCC1(C(O)CC2c3c(F)cccc3-c3cncn32)CC2CCC(NS(=O)(=O)CC3CC3)C(C2)C1. The Hall–Kier alpha value is -1.77. The molecule has 0 radical (unpaired) electrons. The van der Waals surface area contributed by atoms with Gasteiger partial charge in [-0.05, 0) is 87.0 Å². The second-order valence-corrected chi connectivity index (χ2v) is 13.5. The van der Waals surface area contributed by atoms with Crippen molar-refractivity contribution < 1.29 is 17.9 Å². The Balaban J connectivity index is 1.23. The summed E-state index contributed by atoms with van der Waals surface area (Å²) in [5.41, 5.74) is 2.11. The molecule has 0 amide bonds. The van der Waals surface area contributed by atoms with Crippen LogP contribution in [0.4, 0.5) is 4.39 Å². The molecule has 6 atom stereocenters. The van der Waals surface area contributed by atoms with Gasteiger partial charge in [-0.25, -0.2) is 22.5 Å². The molecule has 3 saturated carbocycles. The zero-order valence-electron chi connectivity index (χ0n) is 20.4. The molecule has 2 aromatic rings. The fraction of sp³-hybridized carbons (Fsp3) is 0.667. The van der Waals surface area contributed by atoms with E-state index in [0.717, 1.165) is 62.6 Å². The van der Waals surface area contributed by atoms with Crippen LogP contribution >= 0.6 is 0 Å². The van der Waals surface area contributed by atoms with Gasteiger partial charge < -0.3 is 9.67 Å². The van der Waals surface area contributed by atoms with Crippen molar-refractivity contribution in [2.75, 3.05) is 5.75 Å². The minimum atomic E-state index is -3.27. The average Bonchev–Trinajstić information content (AvgIpc) is 3.39. The van der Waals surface area contributed by atoms with Crippen molar-refractivity contribution in [3.8, 4) is 11.3 Å². The first-order valence-electron chi connectivity index (χ1n) is 13.3. The number of hydrogen-bond donors (Lipinski definition) is 2. The highest BCUT2D eigenvalue weighted by Crippen LogP contribution is 2.54. The van der Waals surface area contributed by atoms with Crippen LogP contribution in [0, 0.1) is 29.0 Å². The van der Waals surface area contributed by atoms with Crippen LogP contribution in [0.15, 0.2) is 30.7 Å². The quantitative estimate of drug-likeness (QED) is 0.552. The zero-order chi connectivity index (χ0) is 24.4. The minimum absolute atomic E-state index is 0.0432. The number of nitrogens with zero attached hydrogens (tertiary/aromatic N) is 2. The fourth-order valence-electron chi connectivity index (χ4n) is 7.47. The molecule has 6 nitrogen and oxygen atoms in total. The molecule has 6 rings (SSSR count). The lowest BCUT2D eigenvalue weighted by atomic mass is 9.56. The Morgan fingerprint density at radius 3 is 2.86 bits per heavy atom. The molecular weight excluding hydrogens is 465 g/mol. The number of nitrogens with one attached hydrogen (secondary N) is 1. The molecule has 1 aromatic carbocycles. The number of aromatic nitrogens is 2. The fourth-order valence-corrected chi connectivity index (χ4v) is 9.29. The predicted molar refractivity (Wildman–Crippen MR) is 133 cm³/mol. The molecule has 2 N–H and O–H groups in total. The van der Waals surface area contributed by atoms with Crippen LogP contribution in [-0.4, -0.2) is 41.0 Å². The van der Waals surface area contributed by atoms with Gasteiger partial charge in [0.1, 0.15) is 5.82 Å². The van der Waals surface area contributed by atoms with Gasteiger partial charge in [-0.3, -0.25) is 0 Å². The first kappa shape index (κ1) is 23.6. The molecule has 1 aromatic heterocycles. The summed E-state index contributed by atoms with van der Waals surface area (Å²) in [4.78, 5) is 4.29. The molecule has 8 heteroatoms. The molecule has 35 heavy (non-hydrogen) atoms. The molecule has 2 bridgehead atoms. The van der Waals surface area contributed by atoms with Crippen LogP contribution in [0.1, 0.15) is 76.3 Å². The van der Waals surface area contributed by atoms with Gasteiger partial charge in [0.25, 0.3) is 0 Å². The highest BCUT2D eigenvalue weighted by molar-refractivity contribution is 7.89. The average molecular weight is 502 g/mol. The van der Waals surface area contributed by atoms with E-state index >= 15 is 0 Å². The van der Waals surface area contributed by atoms with Crippen molar-refractivity contribution in [3.63, 3.8) is 0 Å². The minimum Gasteiger partial charge on any atom is -0.392 e. The van der Waals surface area contributed by atoms with Crippen LogP contribution in [0.5, 0.6) is 0 Å². The molecule has 6 unspecified atom stereocenters. The molecule has 3 aliphatic carbocycles. The van der Waals surface area contributed by atoms with Crippen LogP contribution in [0.25, 0.3) is 11.3 Å². The third kappa shape index (κ3) is 4.25. The van der Waals surface area contributed by atoms with E-state index in [1.54, 1.807) is 18.6 Å². The molecule has 3 fully saturated rings. The third-order valence-electron chi connectivity index (χ3n) is 9.46. The van der Waals surface area contributed by atoms with Crippen molar-refractivity contribution in [1.29, 1.82) is 0 Å². The van der Waals surface area contributed by atoms with Crippen LogP contribution in [0.2, 0.25) is 0 Å². The van der Waals surface area contributed by atoms with Crippen LogP contribution < -0.4 is 4.72 Å². The summed E-state index contributed by atoms with van der Waals surface area (Å²) < 4.78 is 45.5. The number of aliphatic hydroxyl groups excluding tert-OH is 1. The number of hydrogen-bond acceptors (Lipinski definition) is 4. The van der Waals surface area contributed by atoms with Gasteiger partial charge in [0, 0.05) is 17.2 Å². The largest absolute Gasteiger partial charge is 0.392 e. The third-order valence-corrected chi connectivity index (χ3v) is 11.0. The maximum Gasteiger partial charge on any atom is 0.212 e. The number of aliphatic hydroxyl groups is 1. The normalized spacial score (nSPS) is 32.8. The van der Waals surface area contributed by atoms with E-state index in [4.69, 9.17) is 0 Å². The van der Waals surface area contributed by atoms with Crippen molar-refractivity contribution in [1.82, 2.24) is 14.3 Å². The lowest BCUT2D eigenvalue weighted by molar-refractivity contribution is -0.0657. The standard InChI is InChI=1S/C27H36FN3O3S/c1-2-27(12-18-8-9-22(19(10-18)13-27)30-35(33,34)15-17-6-7-17)25(32)11-23-26-20(4-3-5-21(26)28)24-14-29-16-31(23)24/h3-5,14,16-19,22-23,25,30,32H,2,6-13,15H2,1H3. The molecule has 2 heterocycles.